The van der Waals surface area contributed by atoms with Gasteiger partial charge in [-0.05, 0) is 54.1 Å². The van der Waals surface area contributed by atoms with Gasteiger partial charge in [-0.15, -0.1) is 11.3 Å². The summed E-state index contributed by atoms with van der Waals surface area (Å²) < 4.78 is 13.5. The highest BCUT2D eigenvalue weighted by molar-refractivity contribution is 7.19. The van der Waals surface area contributed by atoms with E-state index in [1.807, 2.05) is 11.3 Å². The Kier molecular flexibility index (Phi) is 6.77. The molecular formula is C26H30O4S. The summed E-state index contributed by atoms with van der Waals surface area (Å²) in [6, 6.07) is 12.9. The van der Waals surface area contributed by atoms with Crippen molar-refractivity contribution in [3.05, 3.63) is 76.2 Å². The summed E-state index contributed by atoms with van der Waals surface area (Å²) in [6.07, 6.45) is 2.32. The molecule has 31 heavy (non-hydrogen) atoms. The standard InChI is InChI=1S/C26H30O4S/c1-4-9-29-26-17(3)16(2)19(11-22-10-18-7-5-6-8-25(18)31-22)12-23(26)24-14-20(28)13-21(15-27)30-24/h4-8,10,12,20-21,24,27-28H,1,9,11,13-15H2,2-3H3. The van der Waals surface area contributed by atoms with Crippen LogP contribution in [0.15, 0.2) is 49.1 Å². The van der Waals surface area contributed by atoms with Gasteiger partial charge < -0.3 is 19.7 Å². The van der Waals surface area contributed by atoms with Gasteiger partial charge in [0, 0.05) is 34.4 Å². The van der Waals surface area contributed by atoms with Crippen LogP contribution >= 0.6 is 11.3 Å². The molecule has 0 radical (unpaired) electrons. The molecule has 1 aromatic heterocycles. The Morgan fingerprint density at radius 3 is 2.74 bits per heavy atom. The van der Waals surface area contributed by atoms with E-state index in [0.717, 1.165) is 23.3 Å². The highest BCUT2D eigenvalue weighted by Gasteiger charge is 2.32. The number of aliphatic hydroxyl groups excluding tert-OH is 2. The third-order valence-corrected chi connectivity index (χ3v) is 7.21. The molecule has 1 fully saturated rings. The van der Waals surface area contributed by atoms with Crippen molar-refractivity contribution >= 4 is 21.4 Å². The van der Waals surface area contributed by atoms with Crippen molar-refractivity contribution in [2.24, 2.45) is 0 Å². The number of benzene rings is 2. The second kappa shape index (κ2) is 9.53. The lowest BCUT2D eigenvalue weighted by Gasteiger charge is -2.34. The Morgan fingerprint density at radius 1 is 1.19 bits per heavy atom. The minimum atomic E-state index is -0.504. The molecular weight excluding hydrogens is 408 g/mol. The summed E-state index contributed by atoms with van der Waals surface area (Å²) >= 11 is 1.82. The van der Waals surface area contributed by atoms with E-state index in [-0.39, 0.29) is 18.8 Å². The van der Waals surface area contributed by atoms with E-state index in [2.05, 4.69) is 56.8 Å². The molecule has 0 aliphatic carbocycles. The molecule has 0 saturated carbocycles. The predicted molar refractivity (Wildman–Crippen MR) is 126 cm³/mol. The maximum atomic E-state index is 10.4. The second-order valence-electron chi connectivity index (χ2n) is 8.29. The van der Waals surface area contributed by atoms with Gasteiger partial charge in [-0.3, -0.25) is 0 Å². The van der Waals surface area contributed by atoms with Crippen LogP contribution in [-0.4, -0.2) is 35.6 Å². The highest BCUT2D eigenvalue weighted by Crippen LogP contribution is 2.41. The van der Waals surface area contributed by atoms with Gasteiger partial charge in [0.15, 0.2) is 0 Å². The molecule has 3 atom stereocenters. The lowest BCUT2D eigenvalue weighted by atomic mass is 9.89. The van der Waals surface area contributed by atoms with Crippen LogP contribution in [0.2, 0.25) is 0 Å². The number of aliphatic hydroxyl groups is 2. The van der Waals surface area contributed by atoms with Gasteiger partial charge >= 0.3 is 0 Å². The Balaban J connectivity index is 1.74. The first-order valence-electron chi connectivity index (χ1n) is 10.8. The molecule has 2 N–H and O–H groups in total. The quantitative estimate of drug-likeness (QED) is 0.495. The van der Waals surface area contributed by atoms with Crippen LogP contribution in [0.3, 0.4) is 0 Å². The van der Waals surface area contributed by atoms with Gasteiger partial charge in [0.25, 0.3) is 0 Å². The summed E-state index contributed by atoms with van der Waals surface area (Å²) in [5.41, 5.74) is 4.46. The van der Waals surface area contributed by atoms with Gasteiger partial charge in [-0.25, -0.2) is 0 Å². The lowest BCUT2D eigenvalue weighted by molar-refractivity contribution is -0.114. The Bertz CT molecular complexity index is 1040. The van der Waals surface area contributed by atoms with E-state index >= 15 is 0 Å². The van der Waals surface area contributed by atoms with Crippen LogP contribution in [0.25, 0.3) is 10.1 Å². The second-order valence-corrected chi connectivity index (χ2v) is 9.45. The monoisotopic (exact) mass is 438 g/mol. The van der Waals surface area contributed by atoms with Crippen molar-refractivity contribution in [2.45, 2.75) is 51.4 Å². The predicted octanol–water partition coefficient (Wildman–Crippen LogP) is 5.25. The fourth-order valence-corrected chi connectivity index (χ4v) is 5.45. The molecule has 3 unspecified atom stereocenters. The first kappa shape index (κ1) is 22.0. The van der Waals surface area contributed by atoms with Crippen molar-refractivity contribution in [3.8, 4) is 5.75 Å². The smallest absolute Gasteiger partial charge is 0.128 e. The Hall–Kier alpha value is -2.18. The third kappa shape index (κ3) is 4.70. The molecule has 1 aliphatic heterocycles. The molecule has 1 saturated heterocycles. The fraction of sp³-hybridized carbons (Fsp3) is 0.385. The molecule has 1 aliphatic rings. The maximum absolute atomic E-state index is 10.4. The Labute approximate surface area is 187 Å². The zero-order valence-corrected chi connectivity index (χ0v) is 19.0. The molecule has 0 amide bonds. The molecule has 164 valence electrons. The van der Waals surface area contributed by atoms with Crippen molar-refractivity contribution < 1.29 is 19.7 Å². The van der Waals surface area contributed by atoms with E-state index in [1.54, 1.807) is 6.08 Å². The van der Waals surface area contributed by atoms with E-state index < -0.39 is 6.10 Å². The zero-order chi connectivity index (χ0) is 22.0. The van der Waals surface area contributed by atoms with Crippen LogP contribution in [0, 0.1) is 13.8 Å². The van der Waals surface area contributed by atoms with Crippen molar-refractivity contribution in [1.29, 1.82) is 0 Å². The van der Waals surface area contributed by atoms with Crippen LogP contribution in [-0.2, 0) is 11.2 Å². The van der Waals surface area contributed by atoms with Gasteiger partial charge in [0.2, 0.25) is 0 Å². The van der Waals surface area contributed by atoms with E-state index in [4.69, 9.17) is 9.47 Å². The third-order valence-electron chi connectivity index (χ3n) is 6.09. The van der Waals surface area contributed by atoms with Crippen molar-refractivity contribution in [2.75, 3.05) is 13.2 Å². The van der Waals surface area contributed by atoms with Gasteiger partial charge in [0.05, 0.1) is 24.9 Å². The van der Waals surface area contributed by atoms with Crippen LogP contribution in [0.4, 0.5) is 0 Å². The largest absolute Gasteiger partial charge is 0.489 e. The summed E-state index contributed by atoms with van der Waals surface area (Å²) in [4.78, 5) is 1.31. The summed E-state index contributed by atoms with van der Waals surface area (Å²) in [5, 5.41) is 21.3. The van der Waals surface area contributed by atoms with Crippen LogP contribution in [0.5, 0.6) is 5.75 Å². The van der Waals surface area contributed by atoms with E-state index in [0.29, 0.717) is 19.4 Å². The molecule has 4 rings (SSSR count). The van der Waals surface area contributed by atoms with Crippen molar-refractivity contribution in [3.63, 3.8) is 0 Å². The number of hydrogen-bond donors (Lipinski definition) is 2. The molecule has 2 heterocycles. The number of thiophene rings is 1. The SMILES string of the molecule is C=CCOc1c(C2CC(O)CC(CO)O2)cc(Cc2cc3ccccc3s2)c(C)c1C. The number of hydrogen-bond acceptors (Lipinski definition) is 5. The van der Waals surface area contributed by atoms with Gasteiger partial charge in [-0.2, -0.15) is 0 Å². The van der Waals surface area contributed by atoms with Crippen LogP contribution < -0.4 is 4.74 Å². The zero-order valence-electron chi connectivity index (χ0n) is 18.1. The molecule has 2 aromatic carbocycles. The number of fused-ring (bicyclic) bond motifs is 1. The summed E-state index contributed by atoms with van der Waals surface area (Å²) in [7, 11) is 0. The first-order chi connectivity index (χ1) is 15.0. The lowest BCUT2D eigenvalue weighted by Crippen LogP contribution is -2.33. The van der Waals surface area contributed by atoms with Gasteiger partial charge in [0.1, 0.15) is 12.4 Å². The van der Waals surface area contributed by atoms with E-state index in [1.165, 1.54) is 26.1 Å². The Morgan fingerprint density at radius 2 is 2.00 bits per heavy atom. The summed E-state index contributed by atoms with van der Waals surface area (Å²) in [5.74, 6) is 0.799. The van der Waals surface area contributed by atoms with E-state index in [9.17, 15) is 10.2 Å². The number of rotatable bonds is 7. The van der Waals surface area contributed by atoms with Crippen LogP contribution in [0.1, 0.15) is 46.1 Å². The van der Waals surface area contributed by atoms with Gasteiger partial charge in [-0.1, -0.05) is 30.9 Å². The average Bonchev–Trinajstić information content (AvgIpc) is 3.18. The number of ether oxygens (including phenoxy) is 2. The highest BCUT2D eigenvalue weighted by atomic mass is 32.1. The molecule has 3 aromatic rings. The minimum absolute atomic E-state index is 0.101. The fourth-order valence-electron chi connectivity index (χ4n) is 4.37. The molecule has 0 bridgehead atoms. The normalized spacial score (nSPS) is 21.4. The molecule has 0 spiro atoms. The van der Waals surface area contributed by atoms with Crippen molar-refractivity contribution in [1.82, 2.24) is 0 Å². The molecule has 4 nitrogen and oxygen atoms in total. The minimum Gasteiger partial charge on any atom is -0.489 e. The topological polar surface area (TPSA) is 58.9 Å². The maximum Gasteiger partial charge on any atom is 0.128 e. The molecule has 5 heteroatoms. The summed E-state index contributed by atoms with van der Waals surface area (Å²) in [6.45, 7) is 8.29. The first-order valence-corrected chi connectivity index (χ1v) is 11.6. The average molecular weight is 439 g/mol.